The molecule has 0 unspecified atom stereocenters. The van der Waals surface area contributed by atoms with E-state index in [4.69, 9.17) is 15.2 Å². The van der Waals surface area contributed by atoms with Crippen molar-refractivity contribution in [3.63, 3.8) is 0 Å². The number of rotatable bonds is 3. The van der Waals surface area contributed by atoms with Crippen molar-refractivity contribution in [1.82, 2.24) is 0 Å². The molecule has 0 bridgehead atoms. The van der Waals surface area contributed by atoms with Crippen LogP contribution >= 0.6 is 22.6 Å². The third kappa shape index (κ3) is 2.09. The van der Waals surface area contributed by atoms with Crippen LogP contribution < -0.4 is 15.2 Å². The van der Waals surface area contributed by atoms with Crippen LogP contribution in [0.3, 0.4) is 0 Å². The van der Waals surface area contributed by atoms with Gasteiger partial charge in [-0.2, -0.15) is 0 Å². The molecular weight excluding hydrogens is 297 g/mol. The van der Waals surface area contributed by atoms with E-state index in [1.807, 2.05) is 22.6 Å². The van der Waals surface area contributed by atoms with Crippen LogP contribution in [0.2, 0.25) is 0 Å². The van der Waals surface area contributed by atoms with Gasteiger partial charge in [0.05, 0.1) is 19.8 Å². The maximum Gasteiger partial charge on any atom is 0.253 e. The van der Waals surface area contributed by atoms with Crippen LogP contribution in [-0.2, 0) is 0 Å². The highest BCUT2D eigenvalue weighted by atomic mass is 127. The van der Waals surface area contributed by atoms with Crippen LogP contribution in [0.15, 0.2) is 12.1 Å². The van der Waals surface area contributed by atoms with E-state index >= 15 is 0 Å². The van der Waals surface area contributed by atoms with Crippen molar-refractivity contribution in [3.05, 3.63) is 21.3 Å². The number of hydrogen-bond acceptors (Lipinski definition) is 3. The number of primary amides is 1. The lowest BCUT2D eigenvalue weighted by molar-refractivity contribution is 0.0996. The summed E-state index contributed by atoms with van der Waals surface area (Å²) >= 11 is 2.01. The molecule has 0 aliphatic rings. The number of nitrogens with two attached hydrogens (primary N) is 1. The molecule has 0 radical (unpaired) electrons. The topological polar surface area (TPSA) is 61.5 Å². The van der Waals surface area contributed by atoms with Crippen LogP contribution in [0.5, 0.6) is 11.5 Å². The maximum atomic E-state index is 11.1. The van der Waals surface area contributed by atoms with Gasteiger partial charge in [0.15, 0.2) is 0 Å². The second-order valence-corrected chi connectivity index (χ2v) is 3.71. The molecule has 0 saturated heterocycles. The van der Waals surface area contributed by atoms with Gasteiger partial charge < -0.3 is 15.2 Å². The first kappa shape index (κ1) is 11.1. The summed E-state index contributed by atoms with van der Waals surface area (Å²) in [4.78, 5) is 11.1. The molecule has 4 nitrogen and oxygen atoms in total. The number of benzene rings is 1. The monoisotopic (exact) mass is 307 g/mol. The summed E-state index contributed by atoms with van der Waals surface area (Å²) in [5.41, 5.74) is 5.60. The predicted molar refractivity (Wildman–Crippen MR) is 60.8 cm³/mol. The van der Waals surface area contributed by atoms with Crippen molar-refractivity contribution in [3.8, 4) is 11.5 Å². The number of methoxy groups -OCH3 is 2. The Labute approximate surface area is 95.5 Å². The molecule has 5 heteroatoms. The Morgan fingerprint density at radius 2 is 2.00 bits per heavy atom. The molecule has 0 saturated carbocycles. The number of halogens is 1. The first-order valence-corrected chi connectivity index (χ1v) is 4.89. The largest absolute Gasteiger partial charge is 0.497 e. The van der Waals surface area contributed by atoms with E-state index in [0.29, 0.717) is 20.6 Å². The quantitative estimate of drug-likeness (QED) is 0.859. The molecule has 0 aliphatic carbocycles. The van der Waals surface area contributed by atoms with Crippen molar-refractivity contribution < 1.29 is 14.3 Å². The average Bonchev–Trinajstić information content (AvgIpc) is 2.15. The fraction of sp³-hybridized carbons (Fsp3) is 0.222. The van der Waals surface area contributed by atoms with E-state index in [2.05, 4.69) is 0 Å². The van der Waals surface area contributed by atoms with Gasteiger partial charge in [-0.3, -0.25) is 4.79 Å². The van der Waals surface area contributed by atoms with Crippen molar-refractivity contribution in [2.45, 2.75) is 0 Å². The molecule has 1 amide bonds. The maximum absolute atomic E-state index is 11.1. The Kier molecular flexibility index (Phi) is 3.56. The fourth-order valence-electron chi connectivity index (χ4n) is 1.08. The summed E-state index contributed by atoms with van der Waals surface area (Å²) in [6.07, 6.45) is 0. The summed E-state index contributed by atoms with van der Waals surface area (Å²) in [6, 6.07) is 3.35. The number of hydrogen-bond donors (Lipinski definition) is 1. The summed E-state index contributed by atoms with van der Waals surface area (Å²) < 4.78 is 10.8. The Morgan fingerprint density at radius 1 is 1.36 bits per heavy atom. The lowest BCUT2D eigenvalue weighted by Crippen LogP contribution is -2.14. The molecule has 1 aromatic rings. The van der Waals surface area contributed by atoms with Gasteiger partial charge in [-0.15, -0.1) is 0 Å². The second-order valence-electron chi connectivity index (χ2n) is 2.55. The van der Waals surface area contributed by atoms with E-state index in [1.54, 1.807) is 19.2 Å². The van der Waals surface area contributed by atoms with Gasteiger partial charge in [0.1, 0.15) is 11.5 Å². The zero-order valence-corrected chi connectivity index (χ0v) is 9.99. The average molecular weight is 307 g/mol. The highest BCUT2D eigenvalue weighted by molar-refractivity contribution is 14.1. The molecule has 0 spiro atoms. The molecule has 2 N–H and O–H groups in total. The normalized spacial score (nSPS) is 9.64. The Morgan fingerprint density at radius 3 is 2.43 bits per heavy atom. The molecule has 14 heavy (non-hydrogen) atoms. The molecule has 1 rings (SSSR count). The van der Waals surface area contributed by atoms with Gasteiger partial charge in [-0.25, -0.2) is 0 Å². The van der Waals surface area contributed by atoms with Gasteiger partial charge in [-0.05, 0) is 28.7 Å². The zero-order chi connectivity index (χ0) is 10.7. The summed E-state index contributed by atoms with van der Waals surface area (Å²) in [5, 5.41) is 0. The highest BCUT2D eigenvalue weighted by Gasteiger charge is 2.14. The summed E-state index contributed by atoms with van der Waals surface area (Å²) in [7, 11) is 3.03. The highest BCUT2D eigenvalue weighted by Crippen LogP contribution is 2.29. The number of amides is 1. The first-order chi connectivity index (χ1) is 6.60. The third-order valence-corrected chi connectivity index (χ3v) is 2.58. The third-order valence-electron chi connectivity index (χ3n) is 1.73. The van der Waals surface area contributed by atoms with Crippen LogP contribution in [0.25, 0.3) is 0 Å². The Balaban J connectivity index is 3.34. The summed E-state index contributed by atoms with van der Waals surface area (Å²) in [6.45, 7) is 0. The van der Waals surface area contributed by atoms with Gasteiger partial charge in [0.2, 0.25) is 0 Å². The standard InChI is InChI=1S/C9H10INO3/c1-13-5-3-6(10)8(9(11)12)7(4-5)14-2/h3-4H,1-2H3,(H2,11,12). The van der Waals surface area contributed by atoms with E-state index in [0.717, 1.165) is 0 Å². The van der Waals surface area contributed by atoms with Gasteiger partial charge in [0, 0.05) is 9.64 Å². The van der Waals surface area contributed by atoms with Crippen LogP contribution in [0, 0.1) is 3.57 Å². The number of carbonyl (C=O) groups excluding carboxylic acids is 1. The molecule has 76 valence electrons. The van der Waals surface area contributed by atoms with Crippen LogP contribution in [0.1, 0.15) is 10.4 Å². The lowest BCUT2D eigenvalue weighted by Gasteiger charge is -2.09. The molecule has 0 aliphatic heterocycles. The minimum atomic E-state index is -0.506. The SMILES string of the molecule is COc1cc(I)c(C(N)=O)c(OC)c1. The molecule has 0 heterocycles. The van der Waals surface area contributed by atoms with E-state index < -0.39 is 5.91 Å². The van der Waals surface area contributed by atoms with E-state index in [9.17, 15) is 4.79 Å². The van der Waals surface area contributed by atoms with Gasteiger partial charge >= 0.3 is 0 Å². The van der Waals surface area contributed by atoms with Crippen LogP contribution in [-0.4, -0.2) is 20.1 Å². The van der Waals surface area contributed by atoms with E-state index in [1.165, 1.54) is 7.11 Å². The smallest absolute Gasteiger partial charge is 0.253 e. The molecular formula is C9H10INO3. The Bertz CT molecular complexity index is 365. The number of carbonyl (C=O) groups is 1. The molecule has 0 fully saturated rings. The molecule has 0 aromatic heterocycles. The number of ether oxygens (including phenoxy) is 2. The first-order valence-electron chi connectivity index (χ1n) is 3.81. The second kappa shape index (κ2) is 4.50. The minimum absolute atomic E-state index is 0.383. The van der Waals surface area contributed by atoms with Crippen molar-refractivity contribution in [2.24, 2.45) is 5.73 Å². The summed E-state index contributed by atoms with van der Waals surface area (Å²) in [5.74, 6) is 0.561. The molecule has 0 atom stereocenters. The van der Waals surface area contributed by atoms with Crippen LogP contribution in [0.4, 0.5) is 0 Å². The van der Waals surface area contributed by atoms with Crippen molar-refractivity contribution >= 4 is 28.5 Å². The van der Waals surface area contributed by atoms with Gasteiger partial charge in [0.25, 0.3) is 5.91 Å². The van der Waals surface area contributed by atoms with E-state index in [-0.39, 0.29) is 0 Å². The zero-order valence-electron chi connectivity index (χ0n) is 7.83. The van der Waals surface area contributed by atoms with Gasteiger partial charge in [-0.1, -0.05) is 0 Å². The molecule has 1 aromatic carbocycles. The van der Waals surface area contributed by atoms with Crippen molar-refractivity contribution in [2.75, 3.05) is 14.2 Å². The lowest BCUT2D eigenvalue weighted by atomic mass is 10.2. The fourth-order valence-corrected chi connectivity index (χ4v) is 1.91. The van der Waals surface area contributed by atoms with Crippen molar-refractivity contribution in [1.29, 1.82) is 0 Å². The Hall–Kier alpha value is -0.980. The predicted octanol–water partition coefficient (Wildman–Crippen LogP) is 1.41. The minimum Gasteiger partial charge on any atom is -0.497 e.